The Labute approximate surface area is 93.3 Å². The molecule has 0 radical (unpaired) electrons. The molecule has 1 heteroatoms. The lowest BCUT2D eigenvalue weighted by molar-refractivity contribution is -0.108. The molecule has 0 aliphatic heterocycles. The van der Waals surface area contributed by atoms with Crippen LogP contribution in [-0.2, 0) is 4.79 Å². The number of carbonyl (C=O) groups excluding carboxylic acids is 1. The summed E-state index contributed by atoms with van der Waals surface area (Å²) in [5, 5.41) is 0. The standard InChI is InChI=1S/C14H22O/c15-13-12-14-10-8-6-4-2-1-3-5-7-9-11-14/h2,4-5,7,13-14H,1,3,6,8-12H2/b4-2+,7-5+. The largest absolute Gasteiger partial charge is 0.303 e. The van der Waals surface area contributed by atoms with Gasteiger partial charge in [0.1, 0.15) is 6.29 Å². The first kappa shape index (κ1) is 12.2. The van der Waals surface area contributed by atoms with Crippen molar-refractivity contribution in [3.05, 3.63) is 24.3 Å². The van der Waals surface area contributed by atoms with Crippen molar-refractivity contribution in [2.45, 2.75) is 51.4 Å². The monoisotopic (exact) mass is 206 g/mol. The maximum Gasteiger partial charge on any atom is 0.120 e. The third kappa shape index (κ3) is 6.27. The van der Waals surface area contributed by atoms with Crippen molar-refractivity contribution < 1.29 is 4.79 Å². The van der Waals surface area contributed by atoms with Crippen molar-refractivity contribution in [3.8, 4) is 0 Å². The smallest absolute Gasteiger partial charge is 0.120 e. The lowest BCUT2D eigenvalue weighted by atomic mass is 9.93. The Morgan fingerprint density at radius 1 is 0.933 bits per heavy atom. The topological polar surface area (TPSA) is 17.1 Å². The summed E-state index contributed by atoms with van der Waals surface area (Å²) in [7, 11) is 0. The Kier molecular flexibility index (Phi) is 6.89. The van der Waals surface area contributed by atoms with E-state index in [2.05, 4.69) is 24.3 Å². The predicted molar refractivity (Wildman–Crippen MR) is 64.8 cm³/mol. The van der Waals surface area contributed by atoms with Gasteiger partial charge < -0.3 is 4.79 Å². The molecule has 0 N–H and O–H groups in total. The fourth-order valence-electron chi connectivity index (χ4n) is 2.04. The van der Waals surface area contributed by atoms with E-state index in [0.717, 1.165) is 25.5 Å². The fourth-order valence-corrected chi connectivity index (χ4v) is 2.04. The van der Waals surface area contributed by atoms with Crippen LogP contribution in [0.4, 0.5) is 0 Å². The number of rotatable bonds is 2. The van der Waals surface area contributed by atoms with E-state index < -0.39 is 0 Å². The average molecular weight is 206 g/mol. The zero-order valence-corrected chi connectivity index (χ0v) is 9.53. The average Bonchev–Trinajstić information content (AvgIpc) is 2.22. The van der Waals surface area contributed by atoms with E-state index in [9.17, 15) is 4.79 Å². The van der Waals surface area contributed by atoms with Gasteiger partial charge in [0.05, 0.1) is 0 Å². The highest BCUT2D eigenvalue weighted by Gasteiger charge is 2.06. The van der Waals surface area contributed by atoms with E-state index in [-0.39, 0.29) is 0 Å². The summed E-state index contributed by atoms with van der Waals surface area (Å²) in [5.74, 6) is 0.611. The number of aldehydes is 1. The molecule has 0 fully saturated rings. The molecule has 0 saturated heterocycles. The first-order valence-corrected chi connectivity index (χ1v) is 6.17. The van der Waals surface area contributed by atoms with Crippen LogP contribution in [0.15, 0.2) is 24.3 Å². The van der Waals surface area contributed by atoms with E-state index in [1.807, 2.05) is 0 Å². The van der Waals surface area contributed by atoms with Crippen molar-refractivity contribution in [2.24, 2.45) is 5.92 Å². The summed E-state index contributed by atoms with van der Waals surface area (Å²) in [6.07, 6.45) is 19.2. The molecular formula is C14H22O. The predicted octanol–water partition coefficient (Wildman–Crippen LogP) is 4.05. The molecule has 84 valence electrons. The molecule has 0 aromatic rings. The Morgan fingerprint density at radius 2 is 1.60 bits per heavy atom. The number of hydrogen-bond acceptors (Lipinski definition) is 1. The highest BCUT2D eigenvalue weighted by Crippen LogP contribution is 2.19. The summed E-state index contributed by atoms with van der Waals surface area (Å²) >= 11 is 0. The van der Waals surface area contributed by atoms with Gasteiger partial charge >= 0.3 is 0 Å². The van der Waals surface area contributed by atoms with Crippen molar-refractivity contribution >= 4 is 6.29 Å². The molecule has 0 spiro atoms. The summed E-state index contributed by atoms with van der Waals surface area (Å²) in [5.41, 5.74) is 0. The second kappa shape index (κ2) is 8.46. The maximum absolute atomic E-state index is 10.5. The van der Waals surface area contributed by atoms with Crippen molar-refractivity contribution in [2.75, 3.05) is 0 Å². The maximum atomic E-state index is 10.5. The molecule has 0 aromatic carbocycles. The third-order valence-electron chi connectivity index (χ3n) is 2.99. The van der Waals surface area contributed by atoms with Gasteiger partial charge in [-0.1, -0.05) is 24.3 Å². The molecule has 0 aromatic heterocycles. The van der Waals surface area contributed by atoms with Gasteiger partial charge in [-0.05, 0) is 50.9 Å². The highest BCUT2D eigenvalue weighted by atomic mass is 16.1. The van der Waals surface area contributed by atoms with Crippen LogP contribution in [0.25, 0.3) is 0 Å². The highest BCUT2D eigenvalue weighted by molar-refractivity contribution is 5.49. The van der Waals surface area contributed by atoms with Crippen molar-refractivity contribution in [1.29, 1.82) is 0 Å². The summed E-state index contributed by atoms with van der Waals surface area (Å²) in [4.78, 5) is 10.5. The molecule has 0 saturated carbocycles. The van der Waals surface area contributed by atoms with Gasteiger partial charge in [-0.3, -0.25) is 0 Å². The SMILES string of the molecule is O=CCC1CC/C=C/CC/C=C/CCC1. The Bertz CT molecular complexity index is 215. The molecule has 0 heterocycles. The van der Waals surface area contributed by atoms with Crippen LogP contribution in [0.1, 0.15) is 51.4 Å². The summed E-state index contributed by atoms with van der Waals surface area (Å²) < 4.78 is 0. The normalized spacial score (nSPS) is 28.4. The van der Waals surface area contributed by atoms with E-state index in [1.54, 1.807) is 0 Å². The minimum absolute atomic E-state index is 0.611. The molecule has 1 atom stereocenters. The van der Waals surface area contributed by atoms with Gasteiger partial charge in [-0.2, -0.15) is 0 Å². The molecule has 1 unspecified atom stereocenters. The minimum Gasteiger partial charge on any atom is -0.303 e. The van der Waals surface area contributed by atoms with Crippen LogP contribution < -0.4 is 0 Å². The lowest BCUT2D eigenvalue weighted by Gasteiger charge is -2.12. The quantitative estimate of drug-likeness (QED) is 0.492. The van der Waals surface area contributed by atoms with Crippen molar-refractivity contribution in [3.63, 3.8) is 0 Å². The first-order chi connectivity index (χ1) is 7.43. The second-order valence-corrected chi connectivity index (χ2v) is 4.30. The van der Waals surface area contributed by atoms with Crippen molar-refractivity contribution in [1.82, 2.24) is 0 Å². The van der Waals surface area contributed by atoms with Crippen LogP contribution in [0.3, 0.4) is 0 Å². The van der Waals surface area contributed by atoms with Gasteiger partial charge in [0.25, 0.3) is 0 Å². The molecule has 0 amide bonds. The van der Waals surface area contributed by atoms with Crippen LogP contribution in [0.2, 0.25) is 0 Å². The van der Waals surface area contributed by atoms with Gasteiger partial charge in [0.2, 0.25) is 0 Å². The second-order valence-electron chi connectivity index (χ2n) is 4.30. The van der Waals surface area contributed by atoms with Crippen LogP contribution in [0, 0.1) is 5.92 Å². The zero-order chi connectivity index (χ0) is 10.8. The number of carbonyl (C=O) groups is 1. The zero-order valence-electron chi connectivity index (χ0n) is 9.53. The molecule has 1 nitrogen and oxygen atoms in total. The fraction of sp³-hybridized carbons (Fsp3) is 0.643. The molecule has 1 rings (SSSR count). The van der Waals surface area contributed by atoms with Gasteiger partial charge in [0, 0.05) is 6.42 Å². The van der Waals surface area contributed by atoms with Crippen LogP contribution in [-0.4, -0.2) is 6.29 Å². The van der Waals surface area contributed by atoms with Crippen LogP contribution in [0.5, 0.6) is 0 Å². The summed E-state index contributed by atoms with van der Waals surface area (Å²) in [6.45, 7) is 0. The molecule has 1 aliphatic carbocycles. The summed E-state index contributed by atoms with van der Waals surface area (Å²) in [6, 6.07) is 0. The molecular weight excluding hydrogens is 184 g/mol. The van der Waals surface area contributed by atoms with E-state index in [1.165, 1.54) is 32.1 Å². The lowest BCUT2D eigenvalue weighted by Crippen LogP contribution is -2.01. The Balaban J connectivity index is 2.37. The van der Waals surface area contributed by atoms with Gasteiger partial charge in [0.15, 0.2) is 0 Å². The van der Waals surface area contributed by atoms with E-state index in [4.69, 9.17) is 0 Å². The Hall–Kier alpha value is -0.850. The van der Waals surface area contributed by atoms with E-state index >= 15 is 0 Å². The third-order valence-corrected chi connectivity index (χ3v) is 2.99. The number of hydrogen-bond donors (Lipinski definition) is 0. The van der Waals surface area contributed by atoms with E-state index in [0.29, 0.717) is 5.92 Å². The van der Waals surface area contributed by atoms with Gasteiger partial charge in [-0.25, -0.2) is 0 Å². The van der Waals surface area contributed by atoms with Crippen LogP contribution >= 0.6 is 0 Å². The minimum atomic E-state index is 0.611. The first-order valence-electron chi connectivity index (χ1n) is 6.17. The Morgan fingerprint density at radius 3 is 2.33 bits per heavy atom. The molecule has 0 bridgehead atoms. The molecule has 1 aliphatic rings. The molecule has 15 heavy (non-hydrogen) atoms. The number of allylic oxidation sites excluding steroid dienone is 4. The van der Waals surface area contributed by atoms with Gasteiger partial charge in [-0.15, -0.1) is 0 Å².